The molecule has 1 fully saturated rings. The summed E-state index contributed by atoms with van der Waals surface area (Å²) >= 11 is 0. The molecule has 0 saturated carbocycles. The summed E-state index contributed by atoms with van der Waals surface area (Å²) < 4.78 is 0. The van der Waals surface area contributed by atoms with E-state index in [0.29, 0.717) is 0 Å². The fraction of sp³-hybridized carbons (Fsp3) is 0.750. The normalized spacial score (nSPS) is 19.2. The Morgan fingerprint density at radius 1 is 1.36 bits per heavy atom. The number of hydrogen-bond donors (Lipinski definition) is 1. The third-order valence-corrected chi connectivity index (χ3v) is 2.40. The second-order valence-electron chi connectivity index (χ2n) is 3.48. The fourth-order valence-electron chi connectivity index (χ4n) is 1.50. The Bertz CT molecular complexity index is 242. The van der Waals surface area contributed by atoms with Crippen molar-refractivity contribution in [2.24, 2.45) is 0 Å². The zero-order valence-electron chi connectivity index (χ0n) is 8.13. The molecule has 1 saturated heterocycles. The molecule has 1 aromatic heterocycles. The van der Waals surface area contributed by atoms with E-state index in [1.54, 1.807) is 0 Å². The second-order valence-corrected chi connectivity index (χ2v) is 3.48. The molecule has 0 aromatic carbocycles. The van der Waals surface area contributed by atoms with Crippen LogP contribution in [0.4, 0.5) is 0 Å². The van der Waals surface area contributed by atoms with E-state index in [0.717, 1.165) is 38.4 Å². The van der Waals surface area contributed by atoms with Crippen molar-refractivity contribution < 1.29 is 22.4 Å². The predicted octanol–water partition coefficient (Wildman–Crippen LogP) is -0.650. The summed E-state index contributed by atoms with van der Waals surface area (Å²) in [7, 11) is 2.15. The van der Waals surface area contributed by atoms with Crippen LogP contribution in [0.1, 0.15) is 5.69 Å². The Morgan fingerprint density at radius 2 is 2.07 bits per heavy atom. The molecule has 0 bridgehead atoms. The van der Waals surface area contributed by atoms with Gasteiger partial charge in [0.25, 0.3) is 0 Å². The summed E-state index contributed by atoms with van der Waals surface area (Å²) in [6, 6.07) is 0. The molecule has 0 atom stereocenters. The summed E-state index contributed by atoms with van der Waals surface area (Å²) in [5.74, 6) is 0. The first-order chi connectivity index (χ1) is 6.34. The van der Waals surface area contributed by atoms with Gasteiger partial charge in [0, 0.05) is 32.7 Å². The van der Waals surface area contributed by atoms with Crippen LogP contribution in [0, 0.1) is 6.20 Å². The van der Waals surface area contributed by atoms with Crippen LogP contribution in [0.3, 0.4) is 0 Å². The van der Waals surface area contributed by atoms with E-state index >= 15 is 0 Å². The Balaban J connectivity index is 0.000000980. The molecule has 82 valence electrons. The van der Waals surface area contributed by atoms with Crippen molar-refractivity contribution in [3.05, 3.63) is 11.9 Å². The van der Waals surface area contributed by atoms with Gasteiger partial charge in [-0.1, -0.05) is 0 Å². The third kappa shape index (κ3) is 3.18. The van der Waals surface area contributed by atoms with Crippen LogP contribution in [0.25, 0.3) is 0 Å². The smallest absolute Gasteiger partial charge is 0.351 e. The zero-order valence-corrected chi connectivity index (χ0v) is 10.3. The number of piperazine rings is 1. The molecule has 0 spiro atoms. The molecule has 14 heavy (non-hydrogen) atoms. The number of H-pyrrole nitrogens is 1. The van der Waals surface area contributed by atoms with Crippen molar-refractivity contribution in [3.8, 4) is 0 Å². The van der Waals surface area contributed by atoms with Crippen molar-refractivity contribution in [2.45, 2.75) is 6.54 Å². The number of nitrogens with one attached hydrogen (secondary N) is 1. The van der Waals surface area contributed by atoms with Gasteiger partial charge in [0.2, 0.25) is 0 Å². The number of rotatable bonds is 2. The molecule has 5 nitrogen and oxygen atoms in total. The van der Waals surface area contributed by atoms with Gasteiger partial charge in [-0.3, -0.25) is 10.00 Å². The van der Waals surface area contributed by atoms with Crippen molar-refractivity contribution in [2.75, 3.05) is 33.2 Å². The minimum atomic E-state index is 0. The predicted molar refractivity (Wildman–Crippen MR) is 48.0 cm³/mol. The van der Waals surface area contributed by atoms with Crippen molar-refractivity contribution in [1.29, 1.82) is 0 Å². The molecule has 1 aliphatic heterocycles. The van der Waals surface area contributed by atoms with Crippen molar-refractivity contribution in [3.63, 3.8) is 0 Å². The average Bonchev–Trinajstić information content (AvgIpc) is 2.62. The maximum absolute atomic E-state index is 3.63. The van der Waals surface area contributed by atoms with E-state index < -0.39 is 0 Å². The minimum Gasteiger partial charge on any atom is -0.351 e. The average molecular weight is 377 g/mol. The summed E-state index contributed by atoms with van der Waals surface area (Å²) in [6.45, 7) is 5.40. The first-order valence-corrected chi connectivity index (χ1v) is 4.53. The van der Waals surface area contributed by atoms with Crippen LogP contribution in [0.15, 0.2) is 0 Å². The van der Waals surface area contributed by atoms with Crippen LogP contribution in [-0.2, 0) is 28.9 Å². The largest absolute Gasteiger partial charge is 1.00 e. The van der Waals surface area contributed by atoms with E-state index in [1.807, 2.05) is 0 Å². The second kappa shape index (κ2) is 5.63. The Labute approximate surface area is 99.4 Å². The summed E-state index contributed by atoms with van der Waals surface area (Å²) in [4.78, 5) is 4.72. The third-order valence-electron chi connectivity index (χ3n) is 2.40. The number of nitrogens with zero attached hydrogens (tertiary/aromatic N) is 4. The maximum atomic E-state index is 3.63. The van der Waals surface area contributed by atoms with E-state index in [4.69, 9.17) is 0 Å². The topological polar surface area (TPSA) is 48.1 Å². The molecule has 2 rings (SSSR count). The molecule has 2 heterocycles. The van der Waals surface area contributed by atoms with E-state index in [9.17, 15) is 0 Å². The van der Waals surface area contributed by atoms with Crippen molar-refractivity contribution in [1.82, 2.24) is 25.2 Å². The number of likely N-dealkylation sites (N-methyl/N-ethyl adjacent to an activating group) is 1. The maximum Gasteiger partial charge on any atom is 1.00 e. The van der Waals surface area contributed by atoms with Gasteiger partial charge < -0.3 is 16.2 Å². The Kier molecular flexibility index (Phi) is 4.77. The zero-order chi connectivity index (χ0) is 9.10. The molecule has 1 aromatic rings. The number of aromatic amines is 1. The minimum absolute atomic E-state index is 0. The van der Waals surface area contributed by atoms with Crippen LogP contribution in [0.2, 0.25) is 0 Å². The van der Waals surface area contributed by atoms with Gasteiger partial charge in [-0.05, 0) is 7.05 Å². The SMILES string of the molecule is CN1CCN(Cc2[c-]nn[nH]2)CC1.[Au+]. The van der Waals surface area contributed by atoms with Gasteiger partial charge in [0.1, 0.15) is 0 Å². The number of aromatic nitrogens is 3. The molecule has 0 radical (unpaired) electrons. The molecular formula is C8H14AuN5. The first-order valence-electron chi connectivity index (χ1n) is 4.53. The molecule has 6 heteroatoms. The standard InChI is InChI=1S/C8H14N5.Au/c1-12-2-4-13(5-3-12)7-8-6-9-11-10-8;/h2-5,7H2,1H3,(H,9,10,11);/q-1;+1. The molecular weight excluding hydrogens is 363 g/mol. The van der Waals surface area contributed by atoms with Crippen LogP contribution in [-0.4, -0.2) is 58.4 Å². The molecule has 1 N–H and O–H groups in total. The number of hydrogen-bond acceptors (Lipinski definition) is 4. The van der Waals surface area contributed by atoms with E-state index in [2.05, 4.69) is 38.5 Å². The monoisotopic (exact) mass is 377 g/mol. The summed E-state index contributed by atoms with van der Waals surface area (Å²) in [5, 5.41) is 10.1. The van der Waals surface area contributed by atoms with Gasteiger partial charge in [-0.2, -0.15) is 0 Å². The fourth-order valence-corrected chi connectivity index (χ4v) is 1.50. The Hall–Kier alpha value is -0.200. The summed E-state index contributed by atoms with van der Waals surface area (Å²) in [5.41, 5.74) is 0.976. The van der Waals surface area contributed by atoms with Gasteiger partial charge in [0.15, 0.2) is 0 Å². The molecule has 0 amide bonds. The van der Waals surface area contributed by atoms with Crippen LogP contribution < -0.4 is 0 Å². The molecule has 0 aliphatic carbocycles. The van der Waals surface area contributed by atoms with Gasteiger partial charge in [-0.25, -0.2) is 0 Å². The van der Waals surface area contributed by atoms with E-state index in [1.165, 1.54) is 0 Å². The molecule has 0 unspecified atom stereocenters. The van der Waals surface area contributed by atoms with Crippen LogP contribution >= 0.6 is 0 Å². The van der Waals surface area contributed by atoms with Crippen molar-refractivity contribution >= 4 is 0 Å². The van der Waals surface area contributed by atoms with Gasteiger partial charge in [-0.15, -0.1) is 10.9 Å². The van der Waals surface area contributed by atoms with Gasteiger partial charge >= 0.3 is 22.4 Å². The summed E-state index contributed by atoms with van der Waals surface area (Å²) in [6.07, 6.45) is 2.82. The van der Waals surface area contributed by atoms with Crippen LogP contribution in [0.5, 0.6) is 0 Å². The quantitative estimate of drug-likeness (QED) is 0.550. The Morgan fingerprint density at radius 3 is 2.64 bits per heavy atom. The van der Waals surface area contributed by atoms with Gasteiger partial charge in [0.05, 0.1) is 0 Å². The molecule has 1 aliphatic rings. The first kappa shape index (κ1) is 11.9. The van der Waals surface area contributed by atoms with E-state index in [-0.39, 0.29) is 22.4 Å².